The average molecular weight is 346 g/mol. The summed E-state index contributed by atoms with van der Waals surface area (Å²) in [6, 6.07) is 0. The minimum Gasteiger partial charge on any atom is -0.444 e. The van der Waals surface area contributed by atoms with Gasteiger partial charge < -0.3 is 15.0 Å². The summed E-state index contributed by atoms with van der Waals surface area (Å²) in [5.74, 6) is 0.839. The second-order valence-electron chi connectivity index (χ2n) is 7.70. The van der Waals surface area contributed by atoms with Crippen molar-refractivity contribution in [2.24, 2.45) is 5.92 Å². The van der Waals surface area contributed by atoms with E-state index in [9.17, 15) is 13.2 Å². The molecule has 0 saturated carbocycles. The van der Waals surface area contributed by atoms with Gasteiger partial charge in [-0.3, -0.25) is 0 Å². The molecule has 0 aromatic carbocycles. The van der Waals surface area contributed by atoms with E-state index in [2.05, 4.69) is 5.32 Å². The lowest BCUT2D eigenvalue weighted by atomic mass is 9.97. The Kier molecular flexibility index (Phi) is 5.94. The van der Waals surface area contributed by atoms with Crippen molar-refractivity contribution in [1.29, 1.82) is 0 Å². The van der Waals surface area contributed by atoms with Gasteiger partial charge in [0.1, 0.15) is 5.60 Å². The molecular formula is C16H30N2O4S. The normalized spacial score (nSPS) is 25.5. The molecule has 7 heteroatoms. The summed E-state index contributed by atoms with van der Waals surface area (Å²) in [5.41, 5.74) is -0.456. The third kappa shape index (κ3) is 5.64. The molecule has 2 fully saturated rings. The van der Waals surface area contributed by atoms with E-state index >= 15 is 0 Å². The van der Waals surface area contributed by atoms with Crippen LogP contribution in [-0.4, -0.2) is 62.2 Å². The zero-order valence-corrected chi connectivity index (χ0v) is 15.3. The summed E-state index contributed by atoms with van der Waals surface area (Å²) in [6.07, 6.45) is 3.21. The van der Waals surface area contributed by atoms with Gasteiger partial charge >= 0.3 is 6.09 Å². The quantitative estimate of drug-likeness (QED) is 0.840. The number of piperidine rings is 1. The van der Waals surface area contributed by atoms with Crippen molar-refractivity contribution < 1.29 is 17.9 Å². The fraction of sp³-hybridized carbons (Fsp3) is 0.938. The lowest BCUT2D eigenvalue weighted by Crippen LogP contribution is -2.43. The molecule has 0 spiro atoms. The van der Waals surface area contributed by atoms with Crippen LogP contribution in [0.4, 0.5) is 4.79 Å². The van der Waals surface area contributed by atoms with Crippen molar-refractivity contribution in [3.63, 3.8) is 0 Å². The SMILES string of the molecule is CC(C)(C)OC(=O)N1CCC(CNCC2CCCS2(=O)=O)CC1. The van der Waals surface area contributed by atoms with Crippen LogP contribution in [0.2, 0.25) is 0 Å². The second kappa shape index (κ2) is 7.38. The maximum Gasteiger partial charge on any atom is 0.410 e. The summed E-state index contributed by atoms with van der Waals surface area (Å²) >= 11 is 0. The molecule has 0 radical (unpaired) electrons. The number of carbonyl (C=O) groups excluding carboxylic acids is 1. The van der Waals surface area contributed by atoms with Crippen LogP contribution in [-0.2, 0) is 14.6 Å². The number of ether oxygens (including phenoxy) is 1. The van der Waals surface area contributed by atoms with Gasteiger partial charge in [-0.15, -0.1) is 0 Å². The van der Waals surface area contributed by atoms with Gasteiger partial charge in [0.05, 0.1) is 11.0 Å². The van der Waals surface area contributed by atoms with Crippen molar-refractivity contribution in [3.05, 3.63) is 0 Å². The fourth-order valence-corrected chi connectivity index (χ4v) is 4.98. The smallest absolute Gasteiger partial charge is 0.410 e. The molecule has 1 atom stereocenters. The van der Waals surface area contributed by atoms with Crippen molar-refractivity contribution >= 4 is 15.9 Å². The van der Waals surface area contributed by atoms with Crippen LogP contribution in [0.25, 0.3) is 0 Å². The van der Waals surface area contributed by atoms with Crippen molar-refractivity contribution in [2.75, 3.05) is 31.9 Å². The summed E-state index contributed by atoms with van der Waals surface area (Å²) in [5, 5.41) is 3.12. The van der Waals surface area contributed by atoms with E-state index < -0.39 is 15.4 Å². The van der Waals surface area contributed by atoms with E-state index in [0.717, 1.165) is 32.2 Å². The molecule has 0 aliphatic carbocycles. The maximum atomic E-state index is 12.0. The van der Waals surface area contributed by atoms with E-state index in [-0.39, 0.29) is 11.3 Å². The van der Waals surface area contributed by atoms with Gasteiger partial charge in [0.25, 0.3) is 0 Å². The summed E-state index contributed by atoms with van der Waals surface area (Å²) in [4.78, 5) is 13.8. The van der Waals surface area contributed by atoms with Gasteiger partial charge in [-0.05, 0) is 58.9 Å². The highest BCUT2D eigenvalue weighted by molar-refractivity contribution is 7.92. The van der Waals surface area contributed by atoms with Gasteiger partial charge in [-0.25, -0.2) is 13.2 Å². The predicted molar refractivity (Wildman–Crippen MR) is 90.2 cm³/mol. The highest BCUT2D eigenvalue weighted by Gasteiger charge is 2.31. The van der Waals surface area contributed by atoms with Crippen molar-refractivity contribution in [3.8, 4) is 0 Å². The summed E-state index contributed by atoms with van der Waals surface area (Å²) in [6.45, 7) is 8.44. The van der Waals surface area contributed by atoms with E-state index in [1.807, 2.05) is 20.8 Å². The highest BCUT2D eigenvalue weighted by atomic mass is 32.2. The fourth-order valence-electron chi connectivity index (χ4n) is 3.18. The van der Waals surface area contributed by atoms with Gasteiger partial charge in [-0.1, -0.05) is 0 Å². The van der Waals surface area contributed by atoms with Crippen LogP contribution in [0.1, 0.15) is 46.5 Å². The Bertz CT molecular complexity index is 505. The molecule has 0 bridgehead atoms. The lowest BCUT2D eigenvalue weighted by Gasteiger charge is -2.33. The third-order valence-corrected chi connectivity index (χ3v) is 6.81. The molecule has 23 heavy (non-hydrogen) atoms. The molecule has 0 aromatic rings. The number of carbonyl (C=O) groups is 1. The Hall–Kier alpha value is -0.820. The Morgan fingerprint density at radius 3 is 2.35 bits per heavy atom. The molecule has 1 amide bonds. The number of sulfone groups is 1. The number of likely N-dealkylation sites (tertiary alicyclic amines) is 1. The molecular weight excluding hydrogens is 316 g/mol. The second-order valence-corrected chi connectivity index (χ2v) is 10.1. The molecule has 2 aliphatic heterocycles. The number of hydrogen-bond acceptors (Lipinski definition) is 5. The van der Waals surface area contributed by atoms with Gasteiger partial charge in [-0.2, -0.15) is 0 Å². The summed E-state index contributed by atoms with van der Waals surface area (Å²) in [7, 11) is -2.86. The van der Waals surface area contributed by atoms with E-state index in [1.165, 1.54) is 0 Å². The molecule has 2 saturated heterocycles. The van der Waals surface area contributed by atoms with Gasteiger partial charge in [0.15, 0.2) is 9.84 Å². The first-order chi connectivity index (χ1) is 10.7. The molecule has 6 nitrogen and oxygen atoms in total. The van der Waals surface area contributed by atoms with E-state index in [4.69, 9.17) is 4.74 Å². The zero-order chi connectivity index (χ0) is 17.1. The van der Waals surface area contributed by atoms with Crippen molar-refractivity contribution in [1.82, 2.24) is 10.2 Å². The van der Waals surface area contributed by atoms with E-state index in [0.29, 0.717) is 31.3 Å². The first-order valence-corrected chi connectivity index (χ1v) is 10.3. The Morgan fingerprint density at radius 1 is 1.17 bits per heavy atom. The molecule has 2 aliphatic rings. The van der Waals surface area contributed by atoms with Gasteiger partial charge in [0.2, 0.25) is 0 Å². The van der Waals surface area contributed by atoms with Crippen LogP contribution in [0.15, 0.2) is 0 Å². The number of hydrogen-bond donors (Lipinski definition) is 1. The Labute approximate surface area is 139 Å². The average Bonchev–Trinajstić information content (AvgIpc) is 2.77. The minimum atomic E-state index is -2.86. The number of rotatable bonds is 4. The van der Waals surface area contributed by atoms with Crippen LogP contribution in [0.3, 0.4) is 0 Å². The van der Waals surface area contributed by atoms with E-state index in [1.54, 1.807) is 4.90 Å². The van der Waals surface area contributed by atoms with Crippen molar-refractivity contribution in [2.45, 2.75) is 57.3 Å². The molecule has 2 rings (SSSR count). The highest BCUT2D eigenvalue weighted by Crippen LogP contribution is 2.21. The lowest BCUT2D eigenvalue weighted by molar-refractivity contribution is 0.0184. The Morgan fingerprint density at radius 2 is 1.83 bits per heavy atom. The third-order valence-electron chi connectivity index (χ3n) is 4.53. The molecule has 134 valence electrons. The molecule has 1 N–H and O–H groups in total. The van der Waals surface area contributed by atoms with Crippen LogP contribution < -0.4 is 5.32 Å². The first kappa shape index (κ1) is 18.5. The predicted octanol–water partition coefficient (Wildman–Crippen LogP) is 1.80. The minimum absolute atomic E-state index is 0.204. The topological polar surface area (TPSA) is 75.7 Å². The standard InChI is InChI=1S/C16H30N2O4S/c1-16(2,3)22-15(19)18-8-6-13(7-9-18)11-17-12-14-5-4-10-23(14,20)21/h13-14,17H,4-12H2,1-3H3. The summed E-state index contributed by atoms with van der Waals surface area (Å²) < 4.78 is 28.9. The molecule has 0 aromatic heterocycles. The number of nitrogens with one attached hydrogen (secondary N) is 1. The maximum absolute atomic E-state index is 12.0. The first-order valence-electron chi connectivity index (χ1n) is 8.57. The molecule has 2 heterocycles. The monoisotopic (exact) mass is 346 g/mol. The number of amides is 1. The largest absolute Gasteiger partial charge is 0.444 e. The Balaban J connectivity index is 1.66. The zero-order valence-electron chi connectivity index (χ0n) is 14.5. The van der Waals surface area contributed by atoms with Gasteiger partial charge in [0, 0.05) is 19.6 Å². The van der Waals surface area contributed by atoms with Crippen LogP contribution in [0, 0.1) is 5.92 Å². The van der Waals surface area contributed by atoms with Crippen LogP contribution >= 0.6 is 0 Å². The molecule has 1 unspecified atom stereocenters. The van der Waals surface area contributed by atoms with Crippen LogP contribution in [0.5, 0.6) is 0 Å². The number of nitrogens with zero attached hydrogens (tertiary/aromatic N) is 1.